The fraction of sp³-hybridized carbons (Fsp3) is 0.500. The van der Waals surface area contributed by atoms with E-state index in [2.05, 4.69) is 10.6 Å². The predicted molar refractivity (Wildman–Crippen MR) is 85.5 cm³/mol. The van der Waals surface area contributed by atoms with Crippen molar-refractivity contribution in [2.75, 3.05) is 17.2 Å². The van der Waals surface area contributed by atoms with Crippen LogP contribution in [0.1, 0.15) is 26.7 Å². The third kappa shape index (κ3) is 4.29. The van der Waals surface area contributed by atoms with E-state index in [1.165, 1.54) is 0 Å². The zero-order chi connectivity index (χ0) is 16.1. The summed E-state index contributed by atoms with van der Waals surface area (Å²) in [4.78, 5) is 23.7. The molecule has 0 unspecified atom stereocenters. The number of ether oxygens (including phenoxy) is 1. The van der Waals surface area contributed by atoms with Gasteiger partial charge in [0.05, 0.1) is 6.10 Å². The van der Waals surface area contributed by atoms with Gasteiger partial charge < -0.3 is 21.1 Å². The van der Waals surface area contributed by atoms with Crippen LogP contribution in [0.2, 0.25) is 0 Å². The number of nitrogens with one attached hydrogen (secondary N) is 2. The van der Waals surface area contributed by atoms with Crippen LogP contribution in [-0.4, -0.2) is 30.6 Å². The monoisotopic (exact) mass is 305 g/mol. The van der Waals surface area contributed by atoms with Crippen molar-refractivity contribution in [3.8, 4) is 0 Å². The van der Waals surface area contributed by atoms with E-state index in [0.717, 1.165) is 6.42 Å². The van der Waals surface area contributed by atoms with Crippen molar-refractivity contribution in [1.82, 2.24) is 0 Å². The van der Waals surface area contributed by atoms with Gasteiger partial charge in [-0.25, -0.2) is 0 Å². The lowest BCUT2D eigenvalue weighted by Gasteiger charge is -2.13. The van der Waals surface area contributed by atoms with Crippen molar-refractivity contribution in [2.24, 2.45) is 11.7 Å². The van der Waals surface area contributed by atoms with Crippen molar-refractivity contribution in [3.63, 3.8) is 0 Å². The maximum atomic E-state index is 12.1. The van der Waals surface area contributed by atoms with E-state index in [4.69, 9.17) is 10.5 Å². The molecule has 1 aromatic carbocycles. The van der Waals surface area contributed by atoms with Crippen LogP contribution in [0, 0.1) is 5.92 Å². The van der Waals surface area contributed by atoms with E-state index < -0.39 is 6.10 Å². The highest BCUT2D eigenvalue weighted by Gasteiger charge is 2.29. The number of anilines is 2. The molecule has 1 saturated heterocycles. The molecule has 1 aromatic rings. The lowest BCUT2D eigenvalue weighted by molar-refractivity contribution is -0.126. The Morgan fingerprint density at radius 1 is 1.18 bits per heavy atom. The molecule has 4 N–H and O–H groups in total. The van der Waals surface area contributed by atoms with Crippen LogP contribution in [0.15, 0.2) is 24.3 Å². The van der Waals surface area contributed by atoms with Crippen molar-refractivity contribution in [2.45, 2.75) is 38.9 Å². The molecule has 0 radical (unpaired) electrons. The first-order chi connectivity index (χ1) is 10.5. The minimum atomic E-state index is -0.436. The normalized spacial score (nSPS) is 20.9. The molecule has 0 saturated carbocycles. The van der Waals surface area contributed by atoms with Crippen LogP contribution < -0.4 is 16.4 Å². The van der Waals surface area contributed by atoms with Gasteiger partial charge in [0.25, 0.3) is 5.91 Å². The number of amides is 2. The average molecular weight is 305 g/mol. The quantitative estimate of drug-likeness (QED) is 0.772. The number of carbonyl (C=O) groups is 2. The summed E-state index contributed by atoms with van der Waals surface area (Å²) in [6, 6.07) is 7.02. The molecule has 1 aliphatic heterocycles. The topological polar surface area (TPSA) is 93.5 Å². The van der Waals surface area contributed by atoms with Crippen LogP contribution in [0.4, 0.5) is 11.4 Å². The van der Waals surface area contributed by atoms with Gasteiger partial charge in [-0.05, 0) is 37.1 Å². The van der Waals surface area contributed by atoms with E-state index >= 15 is 0 Å². The Morgan fingerprint density at radius 2 is 1.77 bits per heavy atom. The highest BCUT2D eigenvalue weighted by molar-refractivity contribution is 5.95. The highest BCUT2D eigenvalue weighted by Crippen LogP contribution is 2.21. The first kappa shape index (κ1) is 16.5. The lowest BCUT2D eigenvalue weighted by Crippen LogP contribution is -2.29. The second-order valence-corrected chi connectivity index (χ2v) is 5.77. The van der Waals surface area contributed by atoms with Gasteiger partial charge in [-0.1, -0.05) is 13.8 Å². The minimum Gasteiger partial charge on any atom is -0.364 e. The Bertz CT molecular complexity index is 528. The van der Waals surface area contributed by atoms with Crippen molar-refractivity contribution in [3.05, 3.63) is 24.3 Å². The Kier molecular flexibility index (Phi) is 5.51. The van der Waals surface area contributed by atoms with Gasteiger partial charge in [0.1, 0.15) is 6.10 Å². The summed E-state index contributed by atoms with van der Waals surface area (Å²) in [5, 5.41) is 5.61. The number of hydrogen-bond acceptors (Lipinski definition) is 4. The van der Waals surface area contributed by atoms with Crippen LogP contribution in [0.3, 0.4) is 0 Å². The summed E-state index contributed by atoms with van der Waals surface area (Å²) >= 11 is 0. The summed E-state index contributed by atoms with van der Waals surface area (Å²) in [7, 11) is 0. The van der Waals surface area contributed by atoms with Gasteiger partial charge in [-0.2, -0.15) is 0 Å². The third-order valence-corrected chi connectivity index (χ3v) is 3.61. The second kappa shape index (κ2) is 7.38. The second-order valence-electron chi connectivity index (χ2n) is 5.77. The number of rotatable bonds is 5. The molecule has 6 heteroatoms. The molecule has 0 spiro atoms. The first-order valence-electron chi connectivity index (χ1n) is 7.57. The minimum absolute atomic E-state index is 0.0237. The summed E-state index contributed by atoms with van der Waals surface area (Å²) in [6.45, 7) is 4.11. The standard InChI is InChI=1S/C16H23N3O3/c1-10(2)15(20)18-11-3-5-12(6-4-11)19-16(21)14-8-7-13(9-17)22-14/h3-6,10,13-14H,7-9,17H2,1-2H3,(H,18,20)(H,19,21)/t13-,14+/m1/s1. The van der Waals surface area contributed by atoms with Crippen molar-refractivity contribution < 1.29 is 14.3 Å². The summed E-state index contributed by atoms with van der Waals surface area (Å²) in [5.41, 5.74) is 6.91. The van der Waals surface area contributed by atoms with Crippen LogP contribution in [0.5, 0.6) is 0 Å². The Balaban J connectivity index is 1.88. The molecule has 2 rings (SSSR count). The zero-order valence-electron chi connectivity index (χ0n) is 13.0. The SMILES string of the molecule is CC(C)C(=O)Nc1ccc(NC(=O)[C@@H]2CC[C@H](CN)O2)cc1. The van der Waals surface area contributed by atoms with Gasteiger partial charge in [0.15, 0.2) is 0 Å². The molecule has 0 aliphatic carbocycles. The van der Waals surface area contributed by atoms with E-state index in [0.29, 0.717) is 24.3 Å². The zero-order valence-corrected chi connectivity index (χ0v) is 13.0. The molecule has 2 amide bonds. The molecule has 2 atom stereocenters. The molecular weight excluding hydrogens is 282 g/mol. The number of hydrogen-bond donors (Lipinski definition) is 3. The Hall–Kier alpha value is -1.92. The number of carbonyl (C=O) groups excluding carboxylic acids is 2. The van der Waals surface area contributed by atoms with E-state index in [1.54, 1.807) is 24.3 Å². The smallest absolute Gasteiger partial charge is 0.253 e. The number of nitrogens with two attached hydrogens (primary N) is 1. The van der Waals surface area contributed by atoms with Gasteiger partial charge in [-0.3, -0.25) is 9.59 Å². The van der Waals surface area contributed by atoms with Crippen LogP contribution in [0.25, 0.3) is 0 Å². The molecular formula is C16H23N3O3. The molecule has 120 valence electrons. The van der Waals surface area contributed by atoms with E-state index in [-0.39, 0.29) is 23.8 Å². The third-order valence-electron chi connectivity index (χ3n) is 3.61. The van der Waals surface area contributed by atoms with Crippen LogP contribution in [-0.2, 0) is 14.3 Å². The summed E-state index contributed by atoms with van der Waals surface area (Å²) in [5.74, 6) is -0.270. The molecule has 1 aliphatic rings. The maximum Gasteiger partial charge on any atom is 0.253 e. The van der Waals surface area contributed by atoms with Crippen molar-refractivity contribution in [1.29, 1.82) is 0 Å². The Morgan fingerprint density at radius 3 is 2.27 bits per heavy atom. The van der Waals surface area contributed by atoms with Gasteiger partial charge in [0.2, 0.25) is 5.91 Å². The van der Waals surface area contributed by atoms with E-state index in [1.807, 2.05) is 13.8 Å². The molecule has 0 bridgehead atoms. The van der Waals surface area contributed by atoms with Crippen molar-refractivity contribution >= 4 is 23.2 Å². The largest absolute Gasteiger partial charge is 0.364 e. The first-order valence-corrected chi connectivity index (χ1v) is 7.57. The molecule has 6 nitrogen and oxygen atoms in total. The van der Waals surface area contributed by atoms with Gasteiger partial charge in [-0.15, -0.1) is 0 Å². The summed E-state index contributed by atoms with van der Waals surface area (Å²) < 4.78 is 5.55. The van der Waals surface area contributed by atoms with Crippen LogP contribution >= 0.6 is 0 Å². The molecule has 22 heavy (non-hydrogen) atoms. The number of benzene rings is 1. The molecule has 1 fully saturated rings. The predicted octanol–water partition coefficient (Wildman–Crippen LogP) is 1.73. The fourth-order valence-corrected chi connectivity index (χ4v) is 2.22. The summed E-state index contributed by atoms with van der Waals surface area (Å²) in [6.07, 6.45) is 1.04. The lowest BCUT2D eigenvalue weighted by atomic mass is 10.2. The maximum absolute atomic E-state index is 12.1. The van der Waals surface area contributed by atoms with E-state index in [9.17, 15) is 9.59 Å². The fourth-order valence-electron chi connectivity index (χ4n) is 2.22. The van der Waals surface area contributed by atoms with Gasteiger partial charge in [0, 0.05) is 23.8 Å². The molecule has 0 aromatic heterocycles. The molecule has 1 heterocycles. The highest BCUT2D eigenvalue weighted by atomic mass is 16.5. The average Bonchev–Trinajstić information content (AvgIpc) is 2.98. The van der Waals surface area contributed by atoms with Gasteiger partial charge >= 0.3 is 0 Å². The Labute approximate surface area is 130 Å².